The molecule has 1 saturated heterocycles. The largest absolute Gasteiger partial charge is 0.495 e. The predicted molar refractivity (Wildman–Crippen MR) is 131 cm³/mol. The number of hydrogen-bond acceptors (Lipinski definition) is 5. The fraction of sp³-hybridized carbons (Fsp3) is 0.318. The van der Waals surface area contributed by atoms with Crippen molar-refractivity contribution >= 4 is 67.3 Å². The Morgan fingerprint density at radius 3 is 2.22 bits per heavy atom. The van der Waals surface area contributed by atoms with Gasteiger partial charge in [0, 0.05) is 49.4 Å². The number of hydrogen-bond donors (Lipinski definition) is 0. The minimum atomic E-state index is -4.54. The van der Waals surface area contributed by atoms with Crippen molar-refractivity contribution in [3.8, 4) is 5.75 Å². The third kappa shape index (κ3) is 5.16. The van der Waals surface area contributed by atoms with Crippen LogP contribution in [0.3, 0.4) is 0 Å². The van der Waals surface area contributed by atoms with E-state index in [-0.39, 0.29) is 31.1 Å². The van der Waals surface area contributed by atoms with Gasteiger partial charge in [-0.3, -0.25) is 4.79 Å². The lowest BCUT2D eigenvalue weighted by atomic mass is 10.2. The zero-order valence-corrected chi connectivity index (χ0v) is 22.0. The lowest BCUT2D eigenvalue weighted by molar-refractivity contribution is -0.130. The molecular formula is C22H18Cl3F4N3O4S. The van der Waals surface area contributed by atoms with Crippen LogP contribution in [-0.4, -0.2) is 60.3 Å². The highest BCUT2D eigenvalue weighted by atomic mass is 35.6. The van der Waals surface area contributed by atoms with Gasteiger partial charge in [-0.1, -0.05) is 34.8 Å². The van der Waals surface area contributed by atoms with Crippen LogP contribution in [0.5, 0.6) is 5.75 Å². The molecule has 37 heavy (non-hydrogen) atoms. The number of benzene rings is 2. The number of nitrogens with zero attached hydrogens (tertiary/aromatic N) is 3. The first-order chi connectivity index (χ1) is 17.3. The van der Waals surface area contributed by atoms with E-state index >= 15 is 0 Å². The number of ether oxygens (including phenoxy) is 1. The number of rotatable bonds is 5. The highest BCUT2D eigenvalue weighted by Crippen LogP contribution is 2.37. The van der Waals surface area contributed by atoms with Crippen molar-refractivity contribution in [3.05, 3.63) is 53.7 Å². The maximum absolute atomic E-state index is 14.0. The Labute approximate surface area is 224 Å². The molecule has 4 rings (SSSR count). The van der Waals surface area contributed by atoms with Gasteiger partial charge in [0.15, 0.2) is 11.6 Å². The van der Waals surface area contributed by atoms with Crippen LogP contribution in [0.15, 0.2) is 41.4 Å². The van der Waals surface area contributed by atoms with Gasteiger partial charge in [-0.15, -0.1) is 0 Å². The fourth-order valence-electron chi connectivity index (χ4n) is 4.11. The monoisotopic (exact) mass is 601 g/mol. The second-order valence-electron chi connectivity index (χ2n) is 8.08. The highest BCUT2D eigenvalue weighted by molar-refractivity contribution is 7.90. The van der Waals surface area contributed by atoms with Crippen molar-refractivity contribution in [2.45, 2.75) is 15.1 Å². The Balaban J connectivity index is 1.74. The summed E-state index contributed by atoms with van der Waals surface area (Å²) in [4.78, 5) is 15.0. The van der Waals surface area contributed by atoms with E-state index in [2.05, 4.69) is 0 Å². The Morgan fingerprint density at radius 2 is 1.65 bits per heavy atom. The summed E-state index contributed by atoms with van der Waals surface area (Å²) < 4.78 is 85.7. The Morgan fingerprint density at radius 1 is 1.03 bits per heavy atom. The molecule has 1 aromatic heterocycles. The minimum absolute atomic E-state index is 0.164. The van der Waals surface area contributed by atoms with Crippen LogP contribution < -0.4 is 9.64 Å². The average molecular weight is 603 g/mol. The summed E-state index contributed by atoms with van der Waals surface area (Å²) >= 11 is 17.0. The molecular weight excluding hydrogens is 585 g/mol. The van der Waals surface area contributed by atoms with Crippen molar-refractivity contribution in [3.63, 3.8) is 0 Å². The topological polar surface area (TPSA) is 71.9 Å². The second-order valence-corrected chi connectivity index (χ2v) is 12.2. The molecule has 0 bridgehead atoms. The molecule has 1 aliphatic rings. The summed E-state index contributed by atoms with van der Waals surface area (Å²) in [5, 5.41) is -0.430. The van der Waals surface area contributed by atoms with E-state index in [9.17, 15) is 30.8 Å². The number of halogens is 7. The molecule has 1 amide bonds. The quantitative estimate of drug-likeness (QED) is 0.300. The van der Waals surface area contributed by atoms with E-state index in [1.807, 2.05) is 0 Å². The number of alkyl halides is 5. The number of piperazine rings is 1. The lowest BCUT2D eigenvalue weighted by Gasteiger charge is -2.37. The Bertz CT molecular complexity index is 1470. The normalized spacial score (nSPS) is 15.1. The zero-order valence-electron chi connectivity index (χ0n) is 18.9. The van der Waals surface area contributed by atoms with Crippen LogP contribution in [0.4, 0.5) is 23.2 Å². The summed E-state index contributed by atoms with van der Waals surface area (Å²) in [6, 6.07) is 4.94. The second kappa shape index (κ2) is 10.0. The van der Waals surface area contributed by atoms with Crippen LogP contribution in [-0.2, 0) is 14.8 Å². The summed E-state index contributed by atoms with van der Waals surface area (Å²) in [5.41, 5.74) is -0.862. The molecule has 0 N–H and O–H groups in total. The Kier molecular flexibility index (Phi) is 7.50. The average Bonchev–Trinajstić information content (AvgIpc) is 3.22. The van der Waals surface area contributed by atoms with Crippen LogP contribution in [0.25, 0.3) is 10.9 Å². The van der Waals surface area contributed by atoms with Gasteiger partial charge in [0.25, 0.3) is 26.1 Å². The van der Waals surface area contributed by atoms with E-state index in [1.54, 1.807) is 4.90 Å². The van der Waals surface area contributed by atoms with Gasteiger partial charge in [-0.25, -0.2) is 30.0 Å². The molecule has 0 aliphatic carbocycles. The van der Waals surface area contributed by atoms with E-state index in [0.717, 1.165) is 0 Å². The smallest absolute Gasteiger partial charge is 0.274 e. The molecule has 1 aliphatic heterocycles. The van der Waals surface area contributed by atoms with Gasteiger partial charge in [0.05, 0.1) is 23.2 Å². The third-order valence-electron chi connectivity index (χ3n) is 5.94. The molecule has 0 saturated carbocycles. The molecule has 0 radical (unpaired) electrons. The van der Waals surface area contributed by atoms with Crippen molar-refractivity contribution < 1.29 is 35.5 Å². The third-order valence-corrected chi connectivity index (χ3v) is 8.09. The van der Waals surface area contributed by atoms with Crippen LogP contribution in [0.2, 0.25) is 0 Å². The summed E-state index contributed by atoms with van der Waals surface area (Å²) in [7, 11) is -3.17. The van der Waals surface area contributed by atoms with Gasteiger partial charge in [0.1, 0.15) is 5.75 Å². The van der Waals surface area contributed by atoms with Crippen LogP contribution in [0.1, 0.15) is 12.0 Å². The standard InChI is InChI=1S/C22H18Cl3F4N3O4S/c1-36-19-3-2-12(8-18(19)30-4-6-31(7-5-30)21(33)22(23,24)25)37(34,35)32-11-14(20(28)29)13-9-15(26)16(27)10-17(13)32/h2-3,8-11,20H,4-7H2,1H3. The van der Waals surface area contributed by atoms with Gasteiger partial charge in [0.2, 0.25) is 0 Å². The van der Waals surface area contributed by atoms with Crippen molar-refractivity contribution in [2.24, 2.45) is 0 Å². The predicted octanol–water partition coefficient (Wildman–Crippen LogP) is 5.12. The molecule has 2 aromatic carbocycles. The van der Waals surface area contributed by atoms with Gasteiger partial charge >= 0.3 is 0 Å². The number of fused-ring (bicyclic) bond motifs is 1. The maximum atomic E-state index is 14.0. The minimum Gasteiger partial charge on any atom is -0.495 e. The first kappa shape index (κ1) is 27.6. The number of carbonyl (C=O) groups excluding carboxylic acids is 1. The SMILES string of the molecule is COc1ccc(S(=O)(=O)n2cc(C(F)F)c3cc(F)c(F)cc32)cc1N1CCN(C(=O)C(Cl)(Cl)Cl)CC1. The molecule has 7 nitrogen and oxygen atoms in total. The summed E-state index contributed by atoms with van der Waals surface area (Å²) in [6.07, 6.45) is -2.49. The lowest BCUT2D eigenvalue weighted by Crippen LogP contribution is -2.51. The summed E-state index contributed by atoms with van der Waals surface area (Å²) in [6.45, 7) is 0.799. The van der Waals surface area contributed by atoms with E-state index < -0.39 is 54.2 Å². The number of amides is 1. The van der Waals surface area contributed by atoms with Crippen LogP contribution in [0, 0.1) is 11.6 Å². The zero-order chi connectivity index (χ0) is 27.3. The summed E-state index contributed by atoms with van der Waals surface area (Å²) in [5.74, 6) is -3.17. The van der Waals surface area contributed by atoms with Gasteiger partial charge in [-0.05, 0) is 24.3 Å². The van der Waals surface area contributed by atoms with Crippen molar-refractivity contribution in [1.82, 2.24) is 8.87 Å². The van der Waals surface area contributed by atoms with Crippen molar-refractivity contribution in [1.29, 1.82) is 0 Å². The molecule has 0 spiro atoms. The molecule has 15 heteroatoms. The Hall–Kier alpha value is -2.41. The van der Waals surface area contributed by atoms with Crippen LogP contribution >= 0.6 is 34.8 Å². The first-order valence-electron chi connectivity index (χ1n) is 10.6. The highest BCUT2D eigenvalue weighted by Gasteiger charge is 2.37. The molecule has 0 atom stereocenters. The van der Waals surface area contributed by atoms with E-state index in [0.29, 0.717) is 33.7 Å². The van der Waals surface area contributed by atoms with Gasteiger partial charge in [-0.2, -0.15) is 0 Å². The van der Waals surface area contributed by atoms with E-state index in [4.69, 9.17) is 39.5 Å². The molecule has 3 aromatic rings. The number of aromatic nitrogens is 1. The number of carbonyl (C=O) groups is 1. The maximum Gasteiger partial charge on any atom is 0.274 e. The van der Waals surface area contributed by atoms with Crippen molar-refractivity contribution in [2.75, 3.05) is 38.2 Å². The molecule has 1 fully saturated rings. The fourth-order valence-corrected chi connectivity index (χ4v) is 5.86. The molecule has 0 unspecified atom stereocenters. The number of methoxy groups -OCH3 is 1. The first-order valence-corrected chi connectivity index (χ1v) is 13.2. The molecule has 200 valence electrons. The number of anilines is 1. The van der Waals surface area contributed by atoms with E-state index in [1.165, 1.54) is 30.2 Å². The van der Waals surface area contributed by atoms with Gasteiger partial charge < -0.3 is 14.5 Å². The molecule has 2 heterocycles.